The molecule has 258 valence electrons. The minimum atomic E-state index is -4.04. The number of benzene rings is 2. The van der Waals surface area contributed by atoms with Gasteiger partial charge in [0.25, 0.3) is 5.91 Å². The predicted molar refractivity (Wildman–Crippen MR) is 171 cm³/mol. The zero-order valence-corrected chi connectivity index (χ0v) is 27.2. The van der Waals surface area contributed by atoms with Gasteiger partial charge in [0.1, 0.15) is 17.9 Å². The van der Waals surface area contributed by atoms with E-state index in [1.807, 2.05) is 0 Å². The van der Waals surface area contributed by atoms with Crippen molar-refractivity contribution in [3.8, 4) is 6.07 Å². The summed E-state index contributed by atoms with van der Waals surface area (Å²) in [7, 11) is 0. The highest BCUT2D eigenvalue weighted by Gasteiger charge is 2.44. The Morgan fingerprint density at radius 1 is 1.02 bits per heavy atom. The molecular formula is C35H42F3N5O5. The van der Waals surface area contributed by atoms with Crippen LogP contribution in [0, 0.1) is 23.1 Å². The van der Waals surface area contributed by atoms with Gasteiger partial charge in [-0.1, -0.05) is 57.7 Å². The minimum absolute atomic E-state index is 0.0456. The molecule has 0 radical (unpaired) electrons. The molecule has 10 nitrogen and oxygen atoms in total. The third-order valence-corrected chi connectivity index (χ3v) is 9.08. The van der Waals surface area contributed by atoms with Gasteiger partial charge in [-0.25, -0.2) is 4.39 Å². The molecule has 2 aromatic rings. The van der Waals surface area contributed by atoms with Gasteiger partial charge in [0.05, 0.1) is 30.5 Å². The minimum Gasteiger partial charge on any atom is -0.378 e. The lowest BCUT2D eigenvalue weighted by atomic mass is 9.90. The van der Waals surface area contributed by atoms with Crippen molar-refractivity contribution in [2.75, 3.05) is 31.6 Å². The van der Waals surface area contributed by atoms with E-state index in [9.17, 15) is 19.2 Å². The molecule has 0 bridgehead atoms. The normalized spacial score (nSPS) is 17.6. The van der Waals surface area contributed by atoms with Gasteiger partial charge in [-0.2, -0.15) is 14.0 Å². The van der Waals surface area contributed by atoms with Crippen LogP contribution in [-0.2, 0) is 29.8 Å². The second-order valence-corrected chi connectivity index (χ2v) is 12.3. The number of alkyl halides is 2. The zero-order chi connectivity index (χ0) is 34.8. The first-order valence-corrected chi connectivity index (χ1v) is 16.4. The summed E-state index contributed by atoms with van der Waals surface area (Å²) in [5.74, 6) is -9.18. The average Bonchev–Trinajstić information content (AvgIpc) is 3.39. The molecule has 4 amide bonds. The number of morpholine rings is 1. The van der Waals surface area contributed by atoms with Crippen LogP contribution in [-0.4, -0.2) is 66.9 Å². The molecule has 4 rings (SSSR count). The maximum atomic E-state index is 15.6. The highest BCUT2D eigenvalue weighted by molar-refractivity contribution is 5.98. The molecule has 1 aliphatic carbocycles. The summed E-state index contributed by atoms with van der Waals surface area (Å²) in [6.07, 6.45) is 4.45. The predicted octanol–water partition coefficient (Wildman–Crippen LogP) is 4.74. The molecule has 3 atom stereocenters. The molecule has 3 N–H and O–H groups in total. The van der Waals surface area contributed by atoms with Crippen molar-refractivity contribution >= 4 is 29.3 Å². The number of carbonyl (C=O) groups excluding carboxylic acids is 4. The van der Waals surface area contributed by atoms with E-state index < -0.39 is 53.0 Å². The van der Waals surface area contributed by atoms with Crippen molar-refractivity contribution in [2.24, 2.45) is 5.92 Å². The maximum absolute atomic E-state index is 15.6. The first kappa shape index (κ1) is 36.4. The summed E-state index contributed by atoms with van der Waals surface area (Å²) in [5, 5.41) is 16.6. The van der Waals surface area contributed by atoms with Crippen LogP contribution < -0.4 is 16.0 Å². The fraction of sp³-hybridized carbons (Fsp3) is 0.514. The molecular weight excluding hydrogens is 627 g/mol. The van der Waals surface area contributed by atoms with Crippen LogP contribution in [0.4, 0.5) is 18.9 Å². The molecule has 0 spiro atoms. The number of nitrogens with zero attached hydrogens (tertiary/aromatic N) is 2. The summed E-state index contributed by atoms with van der Waals surface area (Å²) in [4.78, 5) is 54.0. The summed E-state index contributed by atoms with van der Waals surface area (Å²) in [5.41, 5.74) is -0.571. The third-order valence-electron chi connectivity index (χ3n) is 9.08. The van der Waals surface area contributed by atoms with Crippen molar-refractivity contribution in [2.45, 2.75) is 82.7 Å². The fourth-order valence-corrected chi connectivity index (χ4v) is 6.16. The standard InChI is InChI=1S/C35H42F3N5O5/c1-3-29(44)41-30(33(46)43-15-17-48-18-16-43)22(2)25-13-14-28(27(36)20-25)40-32(45)31(24-10-6-4-5-7-11-24)42-34(47)35(37,38)26-12-8-9-23(19-26)21-39/h8-9,12-14,19-20,22,24,30-31H,3-7,10-11,15-18H2,1-2H3,(H,40,45)(H,41,44)(H,42,47). The first-order chi connectivity index (χ1) is 23.0. The van der Waals surface area contributed by atoms with E-state index in [0.717, 1.165) is 43.9 Å². The number of rotatable bonds is 11. The van der Waals surface area contributed by atoms with Gasteiger partial charge in [0.2, 0.25) is 17.7 Å². The Kier molecular flexibility index (Phi) is 12.6. The second kappa shape index (κ2) is 16.6. The van der Waals surface area contributed by atoms with E-state index in [4.69, 9.17) is 10.00 Å². The van der Waals surface area contributed by atoms with E-state index in [1.54, 1.807) is 24.8 Å². The fourth-order valence-electron chi connectivity index (χ4n) is 6.16. The van der Waals surface area contributed by atoms with E-state index >= 15 is 13.2 Å². The summed E-state index contributed by atoms with van der Waals surface area (Å²) in [6, 6.07) is 7.96. The Balaban J connectivity index is 1.55. The molecule has 2 aliphatic rings. The number of nitrogens with one attached hydrogen (secondary N) is 3. The second-order valence-electron chi connectivity index (χ2n) is 12.3. The van der Waals surface area contributed by atoms with Gasteiger partial charge < -0.3 is 25.6 Å². The Bertz CT molecular complexity index is 1520. The molecule has 1 saturated carbocycles. The number of nitriles is 1. The van der Waals surface area contributed by atoms with Crippen molar-refractivity contribution in [1.82, 2.24) is 15.5 Å². The van der Waals surface area contributed by atoms with E-state index in [0.29, 0.717) is 44.7 Å². The van der Waals surface area contributed by atoms with Crippen LogP contribution in [0.5, 0.6) is 0 Å². The van der Waals surface area contributed by atoms with E-state index in [1.165, 1.54) is 24.3 Å². The highest BCUT2D eigenvalue weighted by Crippen LogP contribution is 2.32. The molecule has 1 saturated heterocycles. The van der Waals surface area contributed by atoms with Gasteiger partial charge in [-0.05, 0) is 48.6 Å². The van der Waals surface area contributed by atoms with Crippen molar-refractivity contribution in [3.05, 3.63) is 65.0 Å². The van der Waals surface area contributed by atoms with Crippen molar-refractivity contribution < 1.29 is 37.1 Å². The lowest BCUT2D eigenvalue weighted by Crippen LogP contribution is -2.53. The number of ether oxygens (including phenoxy) is 1. The number of amides is 4. The molecule has 1 heterocycles. The Labute approximate surface area is 278 Å². The van der Waals surface area contributed by atoms with Crippen LogP contribution in [0.15, 0.2) is 42.5 Å². The van der Waals surface area contributed by atoms with Crippen molar-refractivity contribution in [1.29, 1.82) is 5.26 Å². The van der Waals surface area contributed by atoms with Crippen LogP contribution in [0.25, 0.3) is 0 Å². The van der Waals surface area contributed by atoms with Crippen LogP contribution in [0.2, 0.25) is 0 Å². The summed E-state index contributed by atoms with van der Waals surface area (Å²) >= 11 is 0. The first-order valence-electron chi connectivity index (χ1n) is 16.4. The topological polar surface area (TPSA) is 141 Å². The van der Waals surface area contributed by atoms with Gasteiger partial charge in [-0.3, -0.25) is 19.2 Å². The summed E-state index contributed by atoms with van der Waals surface area (Å²) in [6.45, 7) is 4.81. The highest BCUT2D eigenvalue weighted by atomic mass is 19.3. The molecule has 2 aromatic carbocycles. The van der Waals surface area contributed by atoms with Gasteiger partial charge in [0.15, 0.2) is 0 Å². The summed E-state index contributed by atoms with van der Waals surface area (Å²) < 4.78 is 51.6. The lowest BCUT2D eigenvalue weighted by molar-refractivity contribution is -0.149. The van der Waals surface area contributed by atoms with Gasteiger partial charge >= 0.3 is 5.92 Å². The lowest BCUT2D eigenvalue weighted by Gasteiger charge is -2.33. The van der Waals surface area contributed by atoms with Gasteiger partial charge in [0, 0.05) is 31.0 Å². The molecule has 48 heavy (non-hydrogen) atoms. The molecule has 2 fully saturated rings. The van der Waals surface area contributed by atoms with E-state index in [-0.39, 0.29) is 29.5 Å². The quantitative estimate of drug-likeness (QED) is 0.296. The molecule has 0 aromatic heterocycles. The monoisotopic (exact) mass is 669 g/mol. The largest absolute Gasteiger partial charge is 0.378 e. The number of carbonyl (C=O) groups is 4. The van der Waals surface area contributed by atoms with Crippen LogP contribution in [0.3, 0.4) is 0 Å². The average molecular weight is 670 g/mol. The molecule has 3 unspecified atom stereocenters. The third kappa shape index (κ3) is 8.92. The number of anilines is 1. The molecule has 1 aliphatic heterocycles. The number of halogens is 3. The number of hydrogen-bond donors (Lipinski definition) is 3. The van der Waals surface area contributed by atoms with Gasteiger partial charge in [-0.15, -0.1) is 0 Å². The zero-order valence-electron chi connectivity index (χ0n) is 27.2. The molecule has 13 heteroatoms. The smallest absolute Gasteiger partial charge is 0.349 e. The Morgan fingerprint density at radius 3 is 2.33 bits per heavy atom. The maximum Gasteiger partial charge on any atom is 0.349 e. The van der Waals surface area contributed by atoms with E-state index in [2.05, 4.69) is 16.0 Å². The Morgan fingerprint density at radius 2 is 1.71 bits per heavy atom. The van der Waals surface area contributed by atoms with Crippen molar-refractivity contribution in [3.63, 3.8) is 0 Å². The van der Waals surface area contributed by atoms with Crippen LogP contribution >= 0.6 is 0 Å². The SMILES string of the molecule is CCC(=O)NC(C(=O)N1CCOCC1)C(C)c1ccc(NC(=O)C(NC(=O)C(F)(F)c2cccc(C#N)c2)C2CCCCCC2)c(F)c1. The Hall–Kier alpha value is -4.44. The van der Waals surface area contributed by atoms with Crippen LogP contribution in [0.1, 0.15) is 81.4 Å². The number of hydrogen-bond acceptors (Lipinski definition) is 6.